The third-order valence-electron chi connectivity index (χ3n) is 3.41. The van der Waals surface area contributed by atoms with Crippen molar-refractivity contribution in [1.29, 1.82) is 0 Å². The molecule has 0 aliphatic carbocycles. The van der Waals surface area contributed by atoms with Gasteiger partial charge in [-0.1, -0.05) is 6.92 Å². The second-order valence-corrected chi connectivity index (χ2v) is 7.06. The van der Waals surface area contributed by atoms with Crippen LogP contribution >= 0.6 is 0 Å². The highest BCUT2D eigenvalue weighted by Gasteiger charge is 2.39. The minimum absolute atomic E-state index is 0.00150. The van der Waals surface area contributed by atoms with E-state index in [-0.39, 0.29) is 37.1 Å². The van der Waals surface area contributed by atoms with Gasteiger partial charge in [-0.25, -0.2) is 0 Å². The molecule has 1 saturated heterocycles. The summed E-state index contributed by atoms with van der Waals surface area (Å²) in [6.45, 7) is 11.9. The third-order valence-corrected chi connectivity index (χ3v) is 3.41. The van der Waals surface area contributed by atoms with E-state index in [1.54, 1.807) is 0 Å². The monoisotopic (exact) mass is 288 g/mol. The first-order valence-electron chi connectivity index (χ1n) is 7.16. The molecule has 0 aromatic heterocycles. The van der Waals surface area contributed by atoms with E-state index in [0.717, 1.165) is 0 Å². The zero-order chi connectivity index (χ0) is 15.6. The minimum atomic E-state index is -0.668. The lowest BCUT2D eigenvalue weighted by molar-refractivity contribution is -0.306. The van der Waals surface area contributed by atoms with Crippen molar-refractivity contribution in [2.75, 3.05) is 19.8 Å². The first-order valence-corrected chi connectivity index (χ1v) is 7.16. The highest BCUT2D eigenvalue weighted by molar-refractivity contribution is 5.75. The van der Waals surface area contributed by atoms with Crippen LogP contribution in [0, 0.1) is 17.3 Å². The highest BCUT2D eigenvalue weighted by Crippen LogP contribution is 2.30. The van der Waals surface area contributed by atoms with Crippen LogP contribution in [0.15, 0.2) is 0 Å². The summed E-state index contributed by atoms with van der Waals surface area (Å²) < 4.78 is 16.8. The number of rotatable bonds is 4. The van der Waals surface area contributed by atoms with Crippen molar-refractivity contribution in [3.8, 4) is 0 Å². The summed E-state index contributed by atoms with van der Waals surface area (Å²) in [4.78, 5) is 11.8. The van der Waals surface area contributed by atoms with Crippen molar-refractivity contribution in [3.05, 3.63) is 0 Å². The molecule has 118 valence electrons. The average Bonchev–Trinajstić information content (AvgIpc) is 2.33. The van der Waals surface area contributed by atoms with Crippen LogP contribution in [-0.4, -0.2) is 42.8 Å². The number of carbonyl (C=O) groups excluding carboxylic acids is 1. The van der Waals surface area contributed by atoms with Crippen LogP contribution in [0.4, 0.5) is 0 Å². The zero-order valence-corrected chi connectivity index (χ0v) is 13.4. The van der Waals surface area contributed by atoms with Gasteiger partial charge in [0.05, 0.1) is 31.3 Å². The molecule has 1 aliphatic heterocycles. The van der Waals surface area contributed by atoms with E-state index in [2.05, 4.69) is 0 Å². The van der Waals surface area contributed by atoms with Gasteiger partial charge in [-0.15, -0.1) is 0 Å². The molecule has 20 heavy (non-hydrogen) atoms. The molecule has 3 atom stereocenters. The smallest absolute Gasteiger partial charge is 0.311 e. The molecule has 1 fully saturated rings. The Morgan fingerprint density at radius 1 is 1.45 bits per heavy atom. The molecule has 1 aliphatic rings. The molecule has 1 heterocycles. The van der Waals surface area contributed by atoms with E-state index in [0.29, 0.717) is 6.61 Å². The van der Waals surface area contributed by atoms with Gasteiger partial charge >= 0.3 is 5.97 Å². The van der Waals surface area contributed by atoms with Gasteiger partial charge < -0.3 is 19.3 Å². The van der Waals surface area contributed by atoms with Crippen LogP contribution in [0.25, 0.3) is 0 Å². The van der Waals surface area contributed by atoms with E-state index in [1.165, 1.54) is 0 Å². The Kier molecular flexibility index (Phi) is 5.58. The van der Waals surface area contributed by atoms with Gasteiger partial charge in [-0.3, -0.25) is 4.79 Å². The molecule has 0 spiro atoms. The van der Waals surface area contributed by atoms with Gasteiger partial charge in [0.2, 0.25) is 0 Å². The second kappa shape index (κ2) is 6.41. The molecular formula is C15H28O5. The highest BCUT2D eigenvalue weighted by atomic mass is 16.7. The molecule has 0 saturated carbocycles. The summed E-state index contributed by atoms with van der Waals surface area (Å²) >= 11 is 0. The number of ether oxygens (including phenoxy) is 3. The molecule has 0 unspecified atom stereocenters. The summed E-state index contributed by atoms with van der Waals surface area (Å²) in [6, 6.07) is 0. The number of carbonyl (C=O) groups is 1. The Bertz CT molecular complexity index is 332. The van der Waals surface area contributed by atoms with Crippen molar-refractivity contribution in [1.82, 2.24) is 0 Å². The standard InChI is InChI=1S/C15H28O5/c1-10(8-18-13(17)14(2,3)4)12-11(7-16)9-19-15(5,6)20-12/h10-12,16H,7-9H2,1-6H3/t10-,11-,12-/m0/s1. The second-order valence-electron chi connectivity index (χ2n) is 7.06. The molecule has 5 nitrogen and oxygen atoms in total. The van der Waals surface area contributed by atoms with Crippen LogP contribution in [-0.2, 0) is 19.0 Å². The summed E-state index contributed by atoms with van der Waals surface area (Å²) in [7, 11) is 0. The molecule has 1 N–H and O–H groups in total. The maximum atomic E-state index is 11.8. The van der Waals surface area contributed by atoms with Crippen molar-refractivity contribution >= 4 is 5.97 Å². The Balaban J connectivity index is 2.59. The predicted octanol–water partition coefficient (Wildman–Crippen LogP) is 1.97. The third kappa shape index (κ3) is 4.72. The van der Waals surface area contributed by atoms with Crippen LogP contribution in [0.1, 0.15) is 41.5 Å². The zero-order valence-electron chi connectivity index (χ0n) is 13.4. The Morgan fingerprint density at radius 2 is 2.05 bits per heavy atom. The van der Waals surface area contributed by atoms with Crippen LogP contribution in [0.2, 0.25) is 0 Å². The lowest BCUT2D eigenvalue weighted by Gasteiger charge is -2.42. The van der Waals surface area contributed by atoms with E-state index in [1.807, 2.05) is 41.5 Å². The SMILES string of the molecule is C[C@@H](COC(=O)C(C)(C)C)[C@@H]1OC(C)(C)OC[C@@H]1CO. The number of hydrogen-bond donors (Lipinski definition) is 1. The fourth-order valence-corrected chi connectivity index (χ4v) is 2.12. The molecular weight excluding hydrogens is 260 g/mol. The maximum Gasteiger partial charge on any atom is 0.311 e. The van der Waals surface area contributed by atoms with Crippen molar-refractivity contribution in [2.45, 2.75) is 53.4 Å². The maximum absolute atomic E-state index is 11.8. The fourth-order valence-electron chi connectivity index (χ4n) is 2.12. The number of aliphatic hydroxyl groups excluding tert-OH is 1. The van der Waals surface area contributed by atoms with Gasteiger partial charge in [-0.05, 0) is 34.6 Å². The lowest BCUT2D eigenvalue weighted by Crippen LogP contribution is -2.50. The minimum Gasteiger partial charge on any atom is -0.465 e. The van der Waals surface area contributed by atoms with Crippen molar-refractivity contribution in [2.24, 2.45) is 17.3 Å². The van der Waals surface area contributed by atoms with Gasteiger partial charge in [0, 0.05) is 11.8 Å². The van der Waals surface area contributed by atoms with Crippen LogP contribution in [0.5, 0.6) is 0 Å². The number of esters is 1. The van der Waals surface area contributed by atoms with Crippen molar-refractivity contribution in [3.63, 3.8) is 0 Å². The topological polar surface area (TPSA) is 65.0 Å². The lowest BCUT2D eigenvalue weighted by atomic mass is 9.91. The molecule has 0 aromatic rings. The van der Waals surface area contributed by atoms with Gasteiger partial charge in [0.15, 0.2) is 5.79 Å². The Hall–Kier alpha value is -0.650. The number of aliphatic hydroxyl groups is 1. The largest absolute Gasteiger partial charge is 0.465 e. The summed E-state index contributed by atoms with van der Waals surface area (Å²) in [5.41, 5.74) is -0.508. The molecule has 1 rings (SSSR count). The molecule has 0 radical (unpaired) electrons. The fraction of sp³-hybridized carbons (Fsp3) is 0.933. The normalized spacial score (nSPS) is 27.9. The van der Waals surface area contributed by atoms with Gasteiger partial charge in [0.25, 0.3) is 0 Å². The quantitative estimate of drug-likeness (QED) is 0.801. The average molecular weight is 288 g/mol. The van der Waals surface area contributed by atoms with E-state index < -0.39 is 11.2 Å². The summed E-state index contributed by atoms with van der Waals surface area (Å²) in [6.07, 6.45) is -0.184. The summed E-state index contributed by atoms with van der Waals surface area (Å²) in [5, 5.41) is 9.42. The molecule has 5 heteroatoms. The molecule has 0 aromatic carbocycles. The van der Waals surface area contributed by atoms with E-state index >= 15 is 0 Å². The molecule has 0 amide bonds. The van der Waals surface area contributed by atoms with E-state index in [9.17, 15) is 9.90 Å². The van der Waals surface area contributed by atoms with Crippen LogP contribution in [0.3, 0.4) is 0 Å². The Labute approximate surface area is 121 Å². The van der Waals surface area contributed by atoms with E-state index in [4.69, 9.17) is 14.2 Å². The first-order chi connectivity index (χ1) is 9.07. The number of hydrogen-bond acceptors (Lipinski definition) is 5. The van der Waals surface area contributed by atoms with Crippen molar-refractivity contribution < 1.29 is 24.1 Å². The summed E-state index contributed by atoms with van der Waals surface area (Å²) in [5.74, 6) is -0.984. The van der Waals surface area contributed by atoms with Gasteiger partial charge in [0.1, 0.15) is 0 Å². The first kappa shape index (κ1) is 17.4. The Morgan fingerprint density at radius 3 is 2.55 bits per heavy atom. The van der Waals surface area contributed by atoms with Crippen LogP contribution < -0.4 is 0 Å². The predicted molar refractivity (Wildman–Crippen MR) is 75.1 cm³/mol. The van der Waals surface area contributed by atoms with Gasteiger partial charge in [-0.2, -0.15) is 0 Å². The molecule has 0 bridgehead atoms.